The van der Waals surface area contributed by atoms with Crippen LogP contribution in [-0.2, 0) is 6.54 Å². The number of hydrogen-bond acceptors (Lipinski definition) is 3. The summed E-state index contributed by atoms with van der Waals surface area (Å²) >= 11 is 11.1. The van der Waals surface area contributed by atoms with Crippen LogP contribution < -0.4 is 10.6 Å². The molecule has 0 amide bonds. The molecule has 0 aliphatic heterocycles. The first-order chi connectivity index (χ1) is 10.1. The molecule has 0 saturated heterocycles. The van der Waals surface area contributed by atoms with Gasteiger partial charge in [-0.1, -0.05) is 17.7 Å². The van der Waals surface area contributed by atoms with Crippen molar-refractivity contribution in [2.24, 2.45) is 0 Å². The predicted molar refractivity (Wildman–Crippen MR) is 82.9 cm³/mol. The fraction of sp³-hybridized carbons (Fsp3) is 0.308. The van der Waals surface area contributed by atoms with Gasteiger partial charge >= 0.3 is 0 Å². The molecule has 21 heavy (non-hydrogen) atoms. The number of anilines is 1. The lowest BCUT2D eigenvalue weighted by Crippen LogP contribution is -2.30. The fourth-order valence-corrected chi connectivity index (χ4v) is 2.29. The number of benzene rings is 1. The van der Waals surface area contributed by atoms with Crippen molar-refractivity contribution >= 4 is 34.9 Å². The van der Waals surface area contributed by atoms with Gasteiger partial charge in [-0.25, -0.2) is 14.1 Å². The Balaban J connectivity index is 1.62. The number of nitrogens with zero attached hydrogens (tertiary/aromatic N) is 3. The molecule has 8 heteroatoms. The summed E-state index contributed by atoms with van der Waals surface area (Å²) in [6, 6.07) is 4.75. The molecule has 2 aromatic rings. The first-order valence-corrected chi connectivity index (χ1v) is 7.29. The molecule has 0 radical (unpaired) electrons. The quantitative estimate of drug-likeness (QED) is 0.846. The standard InChI is InChI=1S/C13H13ClFN5S/c14-11-5-9(15)2-1-8(11)6-20-7-16-12(19-20)18-13(21)17-10-3-4-10/h1-2,5,7,10H,3-4,6H2,(H2,17,18,19,21). The van der Waals surface area contributed by atoms with Gasteiger partial charge in [0.15, 0.2) is 5.11 Å². The molecule has 0 unspecified atom stereocenters. The zero-order valence-corrected chi connectivity index (χ0v) is 12.6. The summed E-state index contributed by atoms with van der Waals surface area (Å²) in [7, 11) is 0. The molecule has 1 aromatic heterocycles. The van der Waals surface area contributed by atoms with E-state index in [0.717, 1.165) is 18.4 Å². The maximum absolute atomic E-state index is 13.0. The highest BCUT2D eigenvalue weighted by atomic mass is 35.5. The van der Waals surface area contributed by atoms with E-state index < -0.39 is 0 Å². The van der Waals surface area contributed by atoms with Gasteiger partial charge in [0.05, 0.1) is 6.54 Å². The molecule has 1 aliphatic rings. The van der Waals surface area contributed by atoms with Crippen LogP contribution in [0.1, 0.15) is 18.4 Å². The Morgan fingerprint density at radius 1 is 1.48 bits per heavy atom. The number of aromatic nitrogens is 3. The zero-order valence-electron chi connectivity index (χ0n) is 11.0. The van der Waals surface area contributed by atoms with E-state index in [9.17, 15) is 4.39 Å². The van der Waals surface area contributed by atoms with Crippen molar-refractivity contribution in [2.75, 3.05) is 5.32 Å². The summed E-state index contributed by atoms with van der Waals surface area (Å²) in [6.45, 7) is 0.413. The number of halogens is 2. The summed E-state index contributed by atoms with van der Waals surface area (Å²) in [5.41, 5.74) is 0.771. The Hall–Kier alpha value is -1.73. The average Bonchev–Trinajstić information content (AvgIpc) is 3.12. The molecule has 1 fully saturated rings. The van der Waals surface area contributed by atoms with Crippen molar-refractivity contribution < 1.29 is 4.39 Å². The van der Waals surface area contributed by atoms with Crippen molar-refractivity contribution in [2.45, 2.75) is 25.4 Å². The third kappa shape index (κ3) is 3.89. The van der Waals surface area contributed by atoms with Gasteiger partial charge in [-0.3, -0.25) is 5.32 Å². The smallest absolute Gasteiger partial charge is 0.248 e. The monoisotopic (exact) mass is 325 g/mol. The lowest BCUT2D eigenvalue weighted by atomic mass is 10.2. The van der Waals surface area contributed by atoms with Crippen molar-refractivity contribution in [3.63, 3.8) is 0 Å². The normalized spacial score (nSPS) is 14.0. The summed E-state index contributed by atoms with van der Waals surface area (Å²) in [6.07, 6.45) is 3.86. The highest BCUT2D eigenvalue weighted by Gasteiger charge is 2.22. The van der Waals surface area contributed by atoms with Gasteiger partial charge in [0.25, 0.3) is 0 Å². The van der Waals surface area contributed by atoms with Crippen molar-refractivity contribution in [3.05, 3.63) is 40.9 Å². The third-order valence-electron chi connectivity index (χ3n) is 3.02. The molecule has 1 heterocycles. The van der Waals surface area contributed by atoms with Gasteiger partial charge in [-0.15, -0.1) is 5.10 Å². The molecular formula is C13H13ClFN5S. The third-order valence-corrected chi connectivity index (χ3v) is 3.59. The van der Waals surface area contributed by atoms with Crippen molar-refractivity contribution in [1.82, 2.24) is 20.1 Å². The second-order valence-corrected chi connectivity index (χ2v) is 5.69. The minimum Gasteiger partial charge on any atom is -0.360 e. The van der Waals surface area contributed by atoms with E-state index in [1.807, 2.05) is 0 Å². The number of hydrogen-bond donors (Lipinski definition) is 2. The Labute approximate surface area is 131 Å². The highest BCUT2D eigenvalue weighted by molar-refractivity contribution is 7.80. The van der Waals surface area contributed by atoms with Gasteiger partial charge in [-0.05, 0) is 42.8 Å². The SMILES string of the molecule is Fc1ccc(Cn2cnc(NC(=S)NC3CC3)n2)c(Cl)c1. The molecule has 3 rings (SSSR count). The van der Waals surface area contributed by atoms with E-state index in [2.05, 4.69) is 20.7 Å². The predicted octanol–water partition coefficient (Wildman–Crippen LogP) is 2.57. The first kappa shape index (κ1) is 14.2. The van der Waals surface area contributed by atoms with Gasteiger partial charge in [0, 0.05) is 11.1 Å². The van der Waals surface area contributed by atoms with E-state index in [0.29, 0.717) is 28.7 Å². The summed E-state index contributed by atoms with van der Waals surface area (Å²) < 4.78 is 14.6. The second kappa shape index (κ2) is 5.95. The molecular weight excluding hydrogens is 313 g/mol. The molecule has 5 nitrogen and oxygen atoms in total. The molecule has 0 bridgehead atoms. The second-order valence-electron chi connectivity index (χ2n) is 4.87. The average molecular weight is 326 g/mol. The number of thiocarbonyl (C=S) groups is 1. The van der Waals surface area contributed by atoms with Gasteiger partial charge in [0.1, 0.15) is 12.1 Å². The van der Waals surface area contributed by atoms with E-state index in [-0.39, 0.29) is 5.82 Å². The molecule has 0 atom stereocenters. The minimum absolute atomic E-state index is 0.360. The Morgan fingerprint density at radius 3 is 3.00 bits per heavy atom. The Kier molecular flexibility index (Phi) is 4.03. The van der Waals surface area contributed by atoms with E-state index in [4.69, 9.17) is 23.8 Å². The van der Waals surface area contributed by atoms with Crippen LogP contribution in [0.15, 0.2) is 24.5 Å². The molecule has 2 N–H and O–H groups in total. The largest absolute Gasteiger partial charge is 0.360 e. The molecule has 1 aromatic carbocycles. The van der Waals surface area contributed by atoms with Crippen LogP contribution >= 0.6 is 23.8 Å². The first-order valence-electron chi connectivity index (χ1n) is 6.51. The Morgan fingerprint density at radius 2 is 2.29 bits per heavy atom. The van der Waals surface area contributed by atoms with E-state index >= 15 is 0 Å². The summed E-state index contributed by atoms with van der Waals surface area (Å²) in [5, 5.41) is 11.2. The maximum atomic E-state index is 13.0. The van der Waals surface area contributed by atoms with Crippen LogP contribution in [0.5, 0.6) is 0 Å². The van der Waals surface area contributed by atoms with Crippen molar-refractivity contribution in [1.29, 1.82) is 0 Å². The number of rotatable bonds is 4. The van der Waals surface area contributed by atoms with E-state index in [1.54, 1.807) is 17.1 Å². The van der Waals surface area contributed by atoms with Gasteiger partial charge in [0.2, 0.25) is 5.95 Å². The highest BCUT2D eigenvalue weighted by Crippen LogP contribution is 2.19. The molecule has 1 aliphatic carbocycles. The molecule has 0 spiro atoms. The topological polar surface area (TPSA) is 54.8 Å². The van der Waals surface area contributed by atoms with Crippen molar-refractivity contribution in [3.8, 4) is 0 Å². The van der Waals surface area contributed by atoms with E-state index in [1.165, 1.54) is 12.1 Å². The van der Waals surface area contributed by atoms with Crippen LogP contribution in [0.4, 0.5) is 10.3 Å². The van der Waals surface area contributed by atoms with Crippen LogP contribution in [-0.4, -0.2) is 25.9 Å². The zero-order chi connectivity index (χ0) is 14.8. The lowest BCUT2D eigenvalue weighted by Gasteiger charge is -2.06. The fourth-order valence-electron chi connectivity index (χ4n) is 1.80. The molecule has 1 saturated carbocycles. The summed E-state index contributed by atoms with van der Waals surface area (Å²) in [4.78, 5) is 4.12. The Bertz CT molecular complexity index is 670. The van der Waals surface area contributed by atoms with Crippen LogP contribution in [0.3, 0.4) is 0 Å². The van der Waals surface area contributed by atoms with Crippen LogP contribution in [0.2, 0.25) is 5.02 Å². The number of nitrogens with one attached hydrogen (secondary N) is 2. The van der Waals surface area contributed by atoms with Crippen LogP contribution in [0, 0.1) is 5.82 Å². The lowest BCUT2D eigenvalue weighted by molar-refractivity contribution is 0.624. The molecule has 110 valence electrons. The maximum Gasteiger partial charge on any atom is 0.248 e. The van der Waals surface area contributed by atoms with Gasteiger partial charge in [-0.2, -0.15) is 0 Å². The minimum atomic E-state index is -0.360. The van der Waals surface area contributed by atoms with Gasteiger partial charge < -0.3 is 5.32 Å². The van der Waals surface area contributed by atoms with Crippen LogP contribution in [0.25, 0.3) is 0 Å². The summed E-state index contributed by atoms with van der Waals surface area (Å²) in [5.74, 6) is 0.0626.